The fraction of sp³-hybridized carbons (Fsp3) is 0.308. The van der Waals surface area contributed by atoms with Crippen LogP contribution in [0.4, 0.5) is 0 Å². The fourth-order valence-electron chi connectivity index (χ4n) is 4.57. The Hall–Kier alpha value is -2.92. The second kappa shape index (κ2) is 9.85. The minimum atomic E-state index is -2.55. The average Bonchev–Trinajstić information content (AvgIpc) is 3.50. The maximum atomic E-state index is 5.33. The summed E-state index contributed by atoms with van der Waals surface area (Å²) in [5.41, 5.74) is 7.60. The molecule has 3 heterocycles. The molecular formula is C26H30N8SSn. The van der Waals surface area contributed by atoms with Gasteiger partial charge in [-0.05, 0) is 19.1 Å². The third-order valence-corrected chi connectivity index (χ3v) is 10.9. The van der Waals surface area contributed by atoms with Gasteiger partial charge in [-0.2, -0.15) is 0 Å². The first kappa shape index (κ1) is 24.8. The predicted octanol–water partition coefficient (Wildman–Crippen LogP) is 5.64. The Morgan fingerprint density at radius 1 is 0.972 bits per heavy atom. The average molecular weight is 605 g/mol. The van der Waals surface area contributed by atoms with E-state index in [-0.39, 0.29) is 0 Å². The number of aryl methyl sites for hydroxylation is 2. The Bertz CT molecular complexity index is 1590. The van der Waals surface area contributed by atoms with Crippen LogP contribution < -0.4 is 0 Å². The van der Waals surface area contributed by atoms with Gasteiger partial charge < -0.3 is 0 Å². The molecule has 0 aliphatic heterocycles. The van der Waals surface area contributed by atoms with Gasteiger partial charge >= 0.3 is 173 Å². The zero-order valence-corrected chi connectivity index (χ0v) is 24.9. The summed E-state index contributed by atoms with van der Waals surface area (Å²) in [5, 5.41) is 15.9. The molecule has 1 N–H and O–H groups in total. The van der Waals surface area contributed by atoms with Crippen LogP contribution >= 0.6 is 12.2 Å². The Morgan fingerprint density at radius 3 is 2.39 bits per heavy atom. The molecule has 5 rings (SSSR count). The third-order valence-electron chi connectivity index (χ3n) is 6.27. The zero-order valence-electron chi connectivity index (χ0n) is 21.3. The quantitative estimate of drug-likeness (QED) is 0.191. The molecule has 8 nitrogen and oxygen atoms in total. The van der Waals surface area contributed by atoms with Crippen molar-refractivity contribution >= 4 is 36.5 Å². The van der Waals surface area contributed by atoms with Crippen molar-refractivity contribution < 1.29 is 0 Å². The molecule has 0 aliphatic carbocycles. The number of benzene rings is 2. The van der Waals surface area contributed by atoms with Crippen LogP contribution in [0.1, 0.15) is 36.0 Å². The molecule has 5 aromatic rings. The summed E-state index contributed by atoms with van der Waals surface area (Å²) >= 11 is 2.77. The number of tetrazole rings is 1. The number of aromatic nitrogens is 8. The Labute approximate surface area is 220 Å². The van der Waals surface area contributed by atoms with E-state index in [1.807, 2.05) is 17.5 Å². The van der Waals surface area contributed by atoms with Crippen LogP contribution in [0.3, 0.4) is 0 Å². The molecule has 3 aromatic heterocycles. The van der Waals surface area contributed by atoms with E-state index in [0.717, 1.165) is 64.5 Å². The fourth-order valence-corrected chi connectivity index (χ4v) is 7.91. The summed E-state index contributed by atoms with van der Waals surface area (Å²) in [6.07, 6.45) is 2.67. The summed E-state index contributed by atoms with van der Waals surface area (Å²) in [4.78, 5) is 16.4. The van der Waals surface area contributed by atoms with E-state index in [1.165, 1.54) is 5.56 Å². The summed E-state index contributed by atoms with van der Waals surface area (Å²) in [5.74, 6) is 1.72. The second-order valence-corrected chi connectivity index (χ2v) is 24.0. The molecule has 0 saturated heterocycles. The zero-order chi connectivity index (χ0) is 25.4. The monoisotopic (exact) mass is 606 g/mol. The summed E-state index contributed by atoms with van der Waals surface area (Å²) in [7, 11) is 0. The van der Waals surface area contributed by atoms with Crippen LogP contribution in [0.5, 0.6) is 0 Å². The van der Waals surface area contributed by atoms with E-state index < -0.39 is 18.7 Å². The van der Waals surface area contributed by atoms with Crippen LogP contribution in [0, 0.1) is 11.7 Å². The Kier molecular flexibility index (Phi) is 6.78. The van der Waals surface area contributed by atoms with E-state index in [9.17, 15) is 0 Å². The van der Waals surface area contributed by atoms with Gasteiger partial charge in [0.1, 0.15) is 5.82 Å². The van der Waals surface area contributed by atoms with Crippen LogP contribution in [0.15, 0.2) is 48.5 Å². The molecule has 184 valence electrons. The molecule has 0 aliphatic rings. The van der Waals surface area contributed by atoms with Crippen molar-refractivity contribution in [3.63, 3.8) is 0 Å². The summed E-state index contributed by atoms with van der Waals surface area (Å²) in [6.45, 7) is 4.15. The maximum absolute atomic E-state index is 5.33. The first-order valence-electron chi connectivity index (χ1n) is 12.2. The molecule has 0 saturated carbocycles. The molecule has 10 heteroatoms. The van der Waals surface area contributed by atoms with Gasteiger partial charge in [-0.1, -0.05) is 13.3 Å². The summed E-state index contributed by atoms with van der Waals surface area (Å²) in [6, 6.07) is 17.1. The minimum absolute atomic E-state index is 0.476. The van der Waals surface area contributed by atoms with Crippen molar-refractivity contribution in [2.45, 2.75) is 47.9 Å². The first-order valence-corrected chi connectivity index (χ1v) is 22.5. The first-order chi connectivity index (χ1) is 17.3. The molecule has 2 aromatic carbocycles. The summed E-state index contributed by atoms with van der Waals surface area (Å²) < 4.78 is 4.46. The van der Waals surface area contributed by atoms with E-state index in [1.54, 1.807) is 0 Å². The van der Waals surface area contributed by atoms with E-state index in [4.69, 9.17) is 17.2 Å². The third kappa shape index (κ3) is 4.73. The van der Waals surface area contributed by atoms with Gasteiger partial charge in [0.25, 0.3) is 0 Å². The molecule has 0 unspecified atom stereocenters. The van der Waals surface area contributed by atoms with Crippen molar-refractivity contribution in [2.75, 3.05) is 0 Å². The number of hydrogen-bond acceptors (Lipinski definition) is 6. The van der Waals surface area contributed by atoms with Crippen LogP contribution in [0.2, 0.25) is 14.8 Å². The number of nitrogens with zero attached hydrogens (tertiary/aromatic N) is 7. The number of fused-ring (bicyclic) bond motifs is 1. The van der Waals surface area contributed by atoms with Gasteiger partial charge in [-0.3, -0.25) is 5.10 Å². The number of rotatable bonds is 7. The van der Waals surface area contributed by atoms with E-state index in [0.29, 0.717) is 4.77 Å². The van der Waals surface area contributed by atoms with Crippen molar-refractivity contribution in [3.8, 4) is 22.5 Å². The van der Waals surface area contributed by atoms with Gasteiger partial charge in [0.15, 0.2) is 0 Å². The second-order valence-electron chi connectivity index (χ2n) is 10.0. The van der Waals surface area contributed by atoms with Gasteiger partial charge in [0.2, 0.25) is 4.77 Å². The number of hydrogen-bond donors (Lipinski definition) is 1. The van der Waals surface area contributed by atoms with Gasteiger partial charge in [-0.15, -0.1) is 0 Å². The normalized spacial score (nSPS) is 11.9. The number of aromatic amines is 1. The predicted molar refractivity (Wildman–Crippen MR) is 147 cm³/mol. The van der Waals surface area contributed by atoms with Crippen molar-refractivity contribution in [3.05, 3.63) is 75.9 Å². The molecular weight excluding hydrogens is 575 g/mol. The molecule has 0 fully saturated rings. The number of nitrogens with one attached hydrogen (secondary N) is 1. The Morgan fingerprint density at radius 2 is 1.69 bits per heavy atom. The van der Waals surface area contributed by atoms with Crippen molar-refractivity contribution in [1.29, 1.82) is 0 Å². The van der Waals surface area contributed by atoms with Crippen molar-refractivity contribution in [2.24, 2.45) is 0 Å². The van der Waals surface area contributed by atoms with Crippen molar-refractivity contribution in [1.82, 2.24) is 38.0 Å². The molecule has 36 heavy (non-hydrogen) atoms. The van der Waals surface area contributed by atoms with Crippen LogP contribution in [0.25, 0.3) is 28.2 Å². The van der Waals surface area contributed by atoms with Gasteiger partial charge in [0.05, 0.1) is 0 Å². The SMILES string of the molecule is CCCc1nc(C)n2[nH]c(=S)nc2c1Cc1ccc(-c2ccccc2-c2nnn[n]2[Sn]([CH3])([CH3])[CH3])cc1. The Balaban J connectivity index is 1.52. The molecule has 0 bridgehead atoms. The van der Waals surface area contributed by atoms with E-state index >= 15 is 0 Å². The standard InChI is InChI=1S/C23H22N8S.3CH3.Sn/c1-3-6-20-19(22-25-23(32)28-31(22)14(2)24-20)13-15-9-11-16(12-10-15)17-7-4-5-8-18(17)21-26-29-30-27-21;;;;/h4-5,7-12H,3,6,13H2,1-2H3,(H2,26,27,28,29,30,32);3*1H3;/q;;;;+1/p-1. The molecule has 0 spiro atoms. The molecule has 0 atom stereocenters. The van der Waals surface area contributed by atoms with Crippen LogP contribution in [-0.4, -0.2) is 56.7 Å². The molecule has 0 radical (unpaired) electrons. The van der Waals surface area contributed by atoms with Crippen LogP contribution in [-0.2, 0) is 12.8 Å². The van der Waals surface area contributed by atoms with Gasteiger partial charge in [0, 0.05) is 0 Å². The topological polar surface area (TPSA) is 89.6 Å². The van der Waals surface area contributed by atoms with Gasteiger partial charge in [-0.25, -0.2) is 0 Å². The van der Waals surface area contributed by atoms with E-state index in [2.05, 4.69) is 92.7 Å². The molecule has 0 amide bonds. The number of H-pyrrole nitrogens is 1.